The van der Waals surface area contributed by atoms with Gasteiger partial charge in [0, 0.05) is 21.9 Å². The average Bonchev–Trinajstić information content (AvgIpc) is 3.58. The molecule has 1 aliphatic carbocycles. The van der Waals surface area contributed by atoms with E-state index < -0.39 is 0 Å². The van der Waals surface area contributed by atoms with E-state index >= 15 is 0 Å². The van der Waals surface area contributed by atoms with E-state index in [9.17, 15) is 9.90 Å². The molecule has 3 nitrogen and oxygen atoms in total. The monoisotopic (exact) mass is 675 g/mol. The van der Waals surface area contributed by atoms with Crippen LogP contribution in [0.15, 0.2) is 91.0 Å². The Kier molecular flexibility index (Phi) is 8.77. The third-order valence-electron chi connectivity index (χ3n) is 11.5. The summed E-state index contributed by atoms with van der Waals surface area (Å²) in [6.45, 7) is 18.4. The van der Waals surface area contributed by atoms with Crippen molar-refractivity contribution in [2.45, 2.75) is 110 Å². The first-order valence-electron chi connectivity index (χ1n) is 19.0. The Labute approximate surface area is 304 Å². The van der Waals surface area contributed by atoms with E-state index in [2.05, 4.69) is 133 Å². The molecule has 262 valence electrons. The van der Waals surface area contributed by atoms with Crippen molar-refractivity contribution in [2.75, 3.05) is 0 Å². The van der Waals surface area contributed by atoms with Crippen LogP contribution in [-0.2, 0) is 16.2 Å². The number of fused-ring (bicyclic) bond motifs is 6. The van der Waals surface area contributed by atoms with Gasteiger partial charge in [-0.3, -0.25) is 4.79 Å². The first kappa shape index (κ1) is 34.8. The zero-order chi connectivity index (χ0) is 36.3. The van der Waals surface area contributed by atoms with Crippen molar-refractivity contribution >= 4 is 28.1 Å². The summed E-state index contributed by atoms with van der Waals surface area (Å²) >= 11 is 0. The van der Waals surface area contributed by atoms with Crippen molar-refractivity contribution in [1.29, 1.82) is 0 Å². The van der Waals surface area contributed by atoms with Crippen LogP contribution in [0.25, 0.3) is 49.7 Å². The maximum Gasteiger partial charge on any atom is 0.153 e. The first-order valence-corrected chi connectivity index (χ1v) is 19.0. The van der Waals surface area contributed by atoms with Gasteiger partial charge in [0.2, 0.25) is 0 Å². The molecule has 1 aromatic heterocycles. The molecule has 6 aromatic rings. The normalized spacial score (nSPS) is 13.9. The van der Waals surface area contributed by atoms with Gasteiger partial charge in [0.05, 0.1) is 16.6 Å². The Balaban J connectivity index is 1.47. The lowest BCUT2D eigenvalue weighted by atomic mass is 9.70. The van der Waals surface area contributed by atoms with Gasteiger partial charge < -0.3 is 9.67 Å². The predicted octanol–water partition coefficient (Wildman–Crippen LogP) is 13.2. The molecule has 0 radical (unpaired) electrons. The fourth-order valence-corrected chi connectivity index (χ4v) is 8.49. The van der Waals surface area contributed by atoms with E-state index in [4.69, 9.17) is 0 Å². The average molecular weight is 676 g/mol. The van der Waals surface area contributed by atoms with E-state index in [1.807, 2.05) is 12.1 Å². The molecule has 1 N–H and O–H groups in total. The predicted molar refractivity (Wildman–Crippen MR) is 216 cm³/mol. The van der Waals surface area contributed by atoms with Crippen LogP contribution in [0, 0.1) is 0 Å². The molecular formula is C48H53NO2. The van der Waals surface area contributed by atoms with Gasteiger partial charge in [-0.05, 0) is 123 Å². The Morgan fingerprint density at radius 2 is 1.14 bits per heavy atom. The van der Waals surface area contributed by atoms with E-state index in [-0.39, 0.29) is 22.0 Å². The van der Waals surface area contributed by atoms with Crippen molar-refractivity contribution in [2.24, 2.45) is 0 Å². The largest absolute Gasteiger partial charge is 0.507 e. The number of aromatic hydroxyl groups is 1. The summed E-state index contributed by atoms with van der Waals surface area (Å²) in [6, 6.07) is 33.6. The lowest BCUT2D eigenvalue weighted by Gasteiger charge is -2.33. The Morgan fingerprint density at radius 1 is 0.627 bits per heavy atom. The summed E-state index contributed by atoms with van der Waals surface area (Å²) in [5.41, 5.74) is 14.2. The molecule has 0 saturated carbocycles. The third kappa shape index (κ3) is 5.89. The molecule has 0 aliphatic heterocycles. The Hall–Kier alpha value is -4.63. The summed E-state index contributed by atoms with van der Waals surface area (Å²) in [5, 5.41) is 12.9. The highest BCUT2D eigenvalue weighted by atomic mass is 16.3. The number of aromatic nitrogens is 1. The minimum absolute atomic E-state index is 0.0180. The van der Waals surface area contributed by atoms with Crippen LogP contribution in [0.1, 0.15) is 127 Å². The smallest absolute Gasteiger partial charge is 0.153 e. The SMILES string of the molecule is CCCCC1(CCCC)c2cc(-c3ccc(O)c(C=O)c3)ccc2-c2ccc(-n3c4ccc(C(C)(C)C)cc4c4cc(C(C)(C)C)ccc43)cc21. The number of benzene rings is 5. The second-order valence-electron chi connectivity index (χ2n) is 17.0. The number of hydrogen-bond acceptors (Lipinski definition) is 2. The molecule has 51 heavy (non-hydrogen) atoms. The first-order chi connectivity index (χ1) is 24.3. The molecule has 0 fully saturated rings. The molecule has 7 rings (SSSR count). The number of nitrogens with zero attached hydrogens (tertiary/aromatic N) is 1. The minimum atomic E-state index is -0.120. The maximum absolute atomic E-state index is 11.7. The minimum Gasteiger partial charge on any atom is -0.507 e. The lowest BCUT2D eigenvalue weighted by molar-refractivity contribution is 0.112. The molecule has 3 heteroatoms. The van der Waals surface area contributed by atoms with Crippen LogP contribution in [0.3, 0.4) is 0 Å². The van der Waals surface area contributed by atoms with E-state index in [0.717, 1.165) is 55.9 Å². The van der Waals surface area contributed by atoms with Gasteiger partial charge in [-0.25, -0.2) is 0 Å². The fraction of sp³-hybridized carbons (Fsp3) is 0.354. The van der Waals surface area contributed by atoms with Crippen LogP contribution in [0.5, 0.6) is 5.75 Å². The number of unbranched alkanes of at least 4 members (excludes halogenated alkanes) is 2. The molecular weight excluding hydrogens is 623 g/mol. The topological polar surface area (TPSA) is 42.2 Å². The van der Waals surface area contributed by atoms with Crippen molar-refractivity contribution in [3.05, 3.63) is 119 Å². The summed E-state index contributed by atoms with van der Waals surface area (Å²) in [4.78, 5) is 11.7. The van der Waals surface area contributed by atoms with Crippen LogP contribution < -0.4 is 0 Å². The lowest BCUT2D eigenvalue weighted by Crippen LogP contribution is -2.25. The van der Waals surface area contributed by atoms with Gasteiger partial charge >= 0.3 is 0 Å². The maximum atomic E-state index is 11.7. The standard InChI is InChI=1S/C48H53NO2/c1-9-11-23-48(24-12-10-2)41-26-32(31-14-22-45(51)33(25-31)30-50)13-18-37(41)38-19-17-36(29-42(38)48)49-43-20-15-34(46(3,4)5)27-39(43)40-28-35(47(6,7)8)16-21-44(40)49/h13-22,25-30,51H,9-12,23-24H2,1-8H3. The highest BCUT2D eigenvalue weighted by Gasteiger charge is 2.42. The Morgan fingerprint density at radius 3 is 1.67 bits per heavy atom. The second-order valence-corrected chi connectivity index (χ2v) is 17.0. The fourth-order valence-electron chi connectivity index (χ4n) is 8.49. The number of hydrogen-bond donors (Lipinski definition) is 1. The molecule has 0 atom stereocenters. The van der Waals surface area contributed by atoms with Gasteiger partial charge in [-0.15, -0.1) is 0 Å². The van der Waals surface area contributed by atoms with Crippen LogP contribution in [-0.4, -0.2) is 16.0 Å². The summed E-state index contributed by atoms with van der Waals surface area (Å²) in [5.74, 6) is 0.0180. The molecule has 0 unspecified atom stereocenters. The number of rotatable bonds is 9. The van der Waals surface area contributed by atoms with Gasteiger partial charge in [0.1, 0.15) is 5.75 Å². The number of phenolic OH excluding ortho intramolecular Hbond substituents is 1. The molecule has 5 aromatic carbocycles. The zero-order valence-corrected chi connectivity index (χ0v) is 31.8. The molecule has 0 spiro atoms. The zero-order valence-electron chi connectivity index (χ0n) is 31.8. The molecule has 0 saturated heterocycles. The molecule has 0 amide bonds. The van der Waals surface area contributed by atoms with Crippen molar-refractivity contribution < 1.29 is 9.90 Å². The van der Waals surface area contributed by atoms with Crippen LogP contribution in [0.2, 0.25) is 0 Å². The number of carbonyl (C=O) groups excluding carboxylic acids is 1. The molecule has 0 bridgehead atoms. The second kappa shape index (κ2) is 12.9. The van der Waals surface area contributed by atoms with E-state index in [0.29, 0.717) is 5.56 Å². The van der Waals surface area contributed by atoms with Crippen LogP contribution >= 0.6 is 0 Å². The Bertz CT molecular complexity index is 2210. The van der Waals surface area contributed by atoms with Crippen molar-refractivity contribution in [1.82, 2.24) is 4.57 Å². The highest BCUT2D eigenvalue weighted by molar-refractivity contribution is 6.10. The summed E-state index contributed by atoms with van der Waals surface area (Å²) < 4.78 is 2.50. The number of carbonyl (C=O) groups is 1. The van der Waals surface area contributed by atoms with E-state index in [1.54, 1.807) is 6.07 Å². The quantitative estimate of drug-likeness (QED) is 0.155. The summed E-state index contributed by atoms with van der Waals surface area (Å²) in [7, 11) is 0. The molecule has 1 aliphatic rings. The van der Waals surface area contributed by atoms with Gasteiger partial charge in [0.25, 0.3) is 0 Å². The van der Waals surface area contributed by atoms with Crippen LogP contribution in [0.4, 0.5) is 0 Å². The highest BCUT2D eigenvalue weighted by Crippen LogP contribution is 2.55. The van der Waals surface area contributed by atoms with Gasteiger partial charge in [0.15, 0.2) is 6.29 Å². The number of phenols is 1. The van der Waals surface area contributed by atoms with Gasteiger partial charge in [-0.1, -0.05) is 117 Å². The van der Waals surface area contributed by atoms with Crippen molar-refractivity contribution in [3.8, 4) is 33.7 Å². The third-order valence-corrected chi connectivity index (χ3v) is 11.5. The van der Waals surface area contributed by atoms with E-state index in [1.165, 1.54) is 60.9 Å². The van der Waals surface area contributed by atoms with Gasteiger partial charge in [-0.2, -0.15) is 0 Å². The summed E-state index contributed by atoms with van der Waals surface area (Å²) in [6.07, 6.45) is 7.47. The molecule has 1 heterocycles. The van der Waals surface area contributed by atoms with Crippen molar-refractivity contribution in [3.63, 3.8) is 0 Å². The number of aldehydes is 1.